The SMILES string of the molecule is CCOP(=O)(OCC)c1ccc(-n2cccn2)cc1. The molecule has 102 valence electrons. The summed E-state index contributed by atoms with van der Waals surface area (Å²) in [6.07, 6.45) is 3.55. The molecular formula is C13H17N2O3P. The average Bonchev–Trinajstić information content (AvgIpc) is 2.93. The lowest BCUT2D eigenvalue weighted by atomic mass is 10.3. The summed E-state index contributed by atoms with van der Waals surface area (Å²) >= 11 is 0. The van der Waals surface area contributed by atoms with Crippen LogP contribution in [-0.2, 0) is 13.6 Å². The Morgan fingerprint density at radius 3 is 2.26 bits per heavy atom. The van der Waals surface area contributed by atoms with Crippen molar-refractivity contribution in [1.82, 2.24) is 9.78 Å². The van der Waals surface area contributed by atoms with E-state index in [0.29, 0.717) is 18.5 Å². The molecule has 0 saturated carbocycles. The average molecular weight is 280 g/mol. The standard InChI is InChI=1S/C13H17N2O3P/c1-3-17-19(16,18-4-2)13-8-6-12(7-9-13)15-11-5-10-14-15/h5-11H,3-4H2,1-2H3. The van der Waals surface area contributed by atoms with Crippen LogP contribution in [0, 0.1) is 0 Å². The van der Waals surface area contributed by atoms with E-state index in [2.05, 4.69) is 5.10 Å². The Morgan fingerprint density at radius 1 is 1.16 bits per heavy atom. The molecule has 5 nitrogen and oxygen atoms in total. The van der Waals surface area contributed by atoms with Gasteiger partial charge in [0, 0.05) is 12.4 Å². The van der Waals surface area contributed by atoms with Crippen molar-refractivity contribution >= 4 is 12.9 Å². The number of aromatic nitrogens is 2. The largest absolute Gasteiger partial charge is 0.361 e. The molecule has 0 aliphatic carbocycles. The van der Waals surface area contributed by atoms with Gasteiger partial charge in [-0.15, -0.1) is 0 Å². The molecule has 0 unspecified atom stereocenters. The summed E-state index contributed by atoms with van der Waals surface area (Å²) in [6, 6.07) is 9.03. The summed E-state index contributed by atoms with van der Waals surface area (Å²) in [6.45, 7) is 4.28. The maximum absolute atomic E-state index is 12.5. The Morgan fingerprint density at radius 2 is 1.79 bits per heavy atom. The lowest BCUT2D eigenvalue weighted by Crippen LogP contribution is -2.11. The molecule has 1 aromatic carbocycles. The second kappa shape index (κ2) is 6.15. The molecule has 2 rings (SSSR count). The highest BCUT2D eigenvalue weighted by molar-refractivity contribution is 7.62. The maximum Gasteiger partial charge on any atom is 0.361 e. The van der Waals surface area contributed by atoms with Gasteiger partial charge >= 0.3 is 7.60 Å². The predicted octanol–water partition coefficient (Wildman–Crippen LogP) is 2.76. The second-order valence-corrected chi connectivity index (χ2v) is 5.83. The van der Waals surface area contributed by atoms with Crippen LogP contribution in [0.2, 0.25) is 0 Å². The van der Waals surface area contributed by atoms with Gasteiger partial charge in [-0.05, 0) is 44.2 Å². The van der Waals surface area contributed by atoms with E-state index >= 15 is 0 Å². The fourth-order valence-electron chi connectivity index (χ4n) is 1.74. The van der Waals surface area contributed by atoms with Crippen LogP contribution < -0.4 is 5.30 Å². The van der Waals surface area contributed by atoms with E-state index < -0.39 is 7.60 Å². The van der Waals surface area contributed by atoms with E-state index in [0.717, 1.165) is 5.69 Å². The van der Waals surface area contributed by atoms with Gasteiger partial charge in [-0.25, -0.2) is 4.68 Å². The number of hydrogen-bond acceptors (Lipinski definition) is 4. The molecule has 0 radical (unpaired) electrons. The minimum absolute atomic E-state index is 0.345. The molecule has 19 heavy (non-hydrogen) atoms. The van der Waals surface area contributed by atoms with Crippen LogP contribution in [-0.4, -0.2) is 23.0 Å². The smallest absolute Gasteiger partial charge is 0.305 e. The van der Waals surface area contributed by atoms with Gasteiger partial charge in [0.2, 0.25) is 0 Å². The second-order valence-electron chi connectivity index (χ2n) is 3.80. The van der Waals surface area contributed by atoms with Gasteiger partial charge in [0.05, 0.1) is 24.2 Å². The molecule has 0 aliphatic heterocycles. The monoisotopic (exact) mass is 280 g/mol. The van der Waals surface area contributed by atoms with Gasteiger partial charge in [-0.2, -0.15) is 5.10 Å². The van der Waals surface area contributed by atoms with Gasteiger partial charge in [0.1, 0.15) is 0 Å². The third kappa shape index (κ3) is 3.13. The van der Waals surface area contributed by atoms with Gasteiger partial charge < -0.3 is 9.05 Å². The maximum atomic E-state index is 12.5. The van der Waals surface area contributed by atoms with Gasteiger partial charge in [-0.3, -0.25) is 4.57 Å². The van der Waals surface area contributed by atoms with Crippen LogP contribution in [0.1, 0.15) is 13.8 Å². The van der Waals surface area contributed by atoms with E-state index in [1.807, 2.05) is 24.4 Å². The molecule has 0 fully saturated rings. The quantitative estimate of drug-likeness (QED) is 0.763. The third-order valence-corrected chi connectivity index (χ3v) is 4.66. The zero-order valence-electron chi connectivity index (χ0n) is 11.0. The van der Waals surface area contributed by atoms with Gasteiger partial charge in [0.15, 0.2) is 0 Å². The number of hydrogen-bond donors (Lipinski definition) is 0. The van der Waals surface area contributed by atoms with Crippen molar-refractivity contribution in [2.45, 2.75) is 13.8 Å². The summed E-state index contributed by atoms with van der Waals surface area (Å²) in [5.41, 5.74) is 0.897. The number of benzene rings is 1. The highest BCUT2D eigenvalue weighted by Gasteiger charge is 2.26. The summed E-state index contributed by atoms with van der Waals surface area (Å²) in [5, 5.41) is 4.70. The summed E-state index contributed by atoms with van der Waals surface area (Å²) in [7, 11) is -3.20. The highest BCUT2D eigenvalue weighted by Crippen LogP contribution is 2.46. The van der Waals surface area contributed by atoms with E-state index in [1.165, 1.54) is 0 Å². The van der Waals surface area contributed by atoms with E-state index in [-0.39, 0.29) is 0 Å². The van der Waals surface area contributed by atoms with Crippen LogP contribution in [0.15, 0.2) is 42.7 Å². The Balaban J connectivity index is 2.28. The number of rotatable bonds is 6. The normalized spacial score (nSPS) is 11.7. The minimum Gasteiger partial charge on any atom is -0.305 e. The Bertz CT molecular complexity index is 542. The van der Waals surface area contributed by atoms with E-state index in [4.69, 9.17) is 9.05 Å². The van der Waals surface area contributed by atoms with E-state index in [9.17, 15) is 4.57 Å². The molecule has 0 spiro atoms. The third-order valence-electron chi connectivity index (χ3n) is 2.53. The fourth-order valence-corrected chi connectivity index (χ4v) is 3.30. The zero-order chi connectivity index (χ0) is 13.7. The molecule has 1 heterocycles. The Kier molecular flexibility index (Phi) is 4.53. The van der Waals surface area contributed by atoms with Crippen LogP contribution in [0.25, 0.3) is 5.69 Å². The van der Waals surface area contributed by atoms with Crippen LogP contribution in [0.5, 0.6) is 0 Å². The molecule has 0 saturated heterocycles. The molecule has 6 heteroatoms. The Hall–Kier alpha value is -1.42. The molecule has 0 N–H and O–H groups in total. The van der Waals surface area contributed by atoms with Crippen molar-refractivity contribution in [3.8, 4) is 5.69 Å². The highest BCUT2D eigenvalue weighted by atomic mass is 31.2. The lowest BCUT2D eigenvalue weighted by Gasteiger charge is -2.17. The summed E-state index contributed by atoms with van der Waals surface area (Å²) < 4.78 is 24.9. The van der Waals surface area contributed by atoms with Crippen molar-refractivity contribution in [1.29, 1.82) is 0 Å². The van der Waals surface area contributed by atoms with Gasteiger partial charge in [-0.1, -0.05) is 0 Å². The Labute approximate surface area is 112 Å². The molecule has 1 aromatic heterocycles. The first-order chi connectivity index (χ1) is 9.19. The molecule has 0 atom stereocenters. The molecule has 0 bridgehead atoms. The minimum atomic E-state index is -3.20. The van der Waals surface area contributed by atoms with Crippen molar-refractivity contribution < 1.29 is 13.6 Å². The fraction of sp³-hybridized carbons (Fsp3) is 0.308. The van der Waals surface area contributed by atoms with Crippen molar-refractivity contribution in [3.05, 3.63) is 42.7 Å². The molecule has 0 aliphatic rings. The predicted molar refractivity (Wildman–Crippen MR) is 74.1 cm³/mol. The first-order valence-electron chi connectivity index (χ1n) is 6.19. The van der Waals surface area contributed by atoms with Crippen LogP contribution in [0.3, 0.4) is 0 Å². The summed E-state index contributed by atoms with van der Waals surface area (Å²) in [5.74, 6) is 0. The van der Waals surface area contributed by atoms with Crippen LogP contribution in [0.4, 0.5) is 0 Å². The van der Waals surface area contributed by atoms with Crippen molar-refractivity contribution in [3.63, 3.8) is 0 Å². The van der Waals surface area contributed by atoms with Crippen LogP contribution >= 0.6 is 7.60 Å². The molecule has 0 amide bonds. The first-order valence-corrected chi connectivity index (χ1v) is 7.73. The summed E-state index contributed by atoms with van der Waals surface area (Å²) in [4.78, 5) is 0. The van der Waals surface area contributed by atoms with E-state index in [1.54, 1.807) is 36.9 Å². The molecule has 2 aromatic rings. The van der Waals surface area contributed by atoms with Crippen molar-refractivity contribution in [2.24, 2.45) is 0 Å². The molecular weight excluding hydrogens is 263 g/mol. The number of nitrogens with zero attached hydrogens (tertiary/aromatic N) is 2. The van der Waals surface area contributed by atoms with Gasteiger partial charge in [0.25, 0.3) is 0 Å². The first kappa shape index (κ1) is 14.0. The lowest BCUT2D eigenvalue weighted by molar-refractivity contribution is 0.230. The zero-order valence-corrected chi connectivity index (χ0v) is 11.9. The topological polar surface area (TPSA) is 53.4 Å². The van der Waals surface area contributed by atoms with Crippen molar-refractivity contribution in [2.75, 3.05) is 13.2 Å².